The number of aryl methyl sites for hydroxylation is 3. The molecule has 0 saturated carbocycles. The van der Waals surface area contributed by atoms with Crippen LogP contribution in [-0.4, -0.2) is 54.4 Å². The van der Waals surface area contributed by atoms with Gasteiger partial charge in [-0.25, -0.2) is 9.97 Å². The fourth-order valence-electron chi connectivity index (χ4n) is 4.12. The molecule has 9 nitrogen and oxygen atoms in total. The molecule has 1 aromatic carbocycles. The topological polar surface area (TPSA) is 93.8 Å². The summed E-state index contributed by atoms with van der Waals surface area (Å²) >= 11 is 6.45. The zero-order chi connectivity index (χ0) is 23.8. The molecular weight excluding hydrogens is 452 g/mol. The van der Waals surface area contributed by atoms with Crippen LogP contribution >= 0.6 is 11.6 Å². The van der Waals surface area contributed by atoms with Gasteiger partial charge in [0.2, 0.25) is 11.9 Å². The van der Waals surface area contributed by atoms with Crippen molar-refractivity contribution in [1.29, 1.82) is 0 Å². The number of anilines is 2. The molecule has 0 fully saturated rings. The molecule has 3 aromatic heterocycles. The summed E-state index contributed by atoms with van der Waals surface area (Å²) < 4.78 is 3.52. The van der Waals surface area contributed by atoms with Gasteiger partial charge in [-0.15, -0.1) is 0 Å². The van der Waals surface area contributed by atoms with Crippen LogP contribution in [0.15, 0.2) is 42.7 Å². The second-order valence-corrected chi connectivity index (χ2v) is 8.95. The number of carbonyl (C=O) groups excluding carboxylic acids is 1. The van der Waals surface area contributed by atoms with E-state index in [-0.39, 0.29) is 12.5 Å². The molecule has 10 heteroatoms. The van der Waals surface area contributed by atoms with Crippen molar-refractivity contribution in [3.8, 4) is 11.3 Å². The second kappa shape index (κ2) is 8.90. The van der Waals surface area contributed by atoms with Gasteiger partial charge < -0.3 is 10.2 Å². The van der Waals surface area contributed by atoms with E-state index in [9.17, 15) is 4.79 Å². The van der Waals surface area contributed by atoms with Crippen molar-refractivity contribution in [2.45, 2.75) is 25.8 Å². The Kier molecular flexibility index (Phi) is 5.79. The number of benzene rings is 1. The van der Waals surface area contributed by atoms with Gasteiger partial charge in [-0.1, -0.05) is 29.8 Å². The number of aromatic nitrogens is 6. The molecule has 0 aliphatic heterocycles. The van der Waals surface area contributed by atoms with Crippen molar-refractivity contribution in [2.24, 2.45) is 7.05 Å². The van der Waals surface area contributed by atoms with Crippen molar-refractivity contribution in [3.05, 3.63) is 70.3 Å². The third-order valence-electron chi connectivity index (χ3n) is 5.96. The van der Waals surface area contributed by atoms with Crippen molar-refractivity contribution in [3.63, 3.8) is 0 Å². The number of fused-ring (bicyclic) bond motifs is 3. The van der Waals surface area contributed by atoms with Crippen molar-refractivity contribution in [2.75, 3.05) is 19.4 Å². The van der Waals surface area contributed by atoms with E-state index >= 15 is 0 Å². The Morgan fingerprint density at radius 2 is 2.00 bits per heavy atom. The van der Waals surface area contributed by atoms with Gasteiger partial charge in [0, 0.05) is 56.6 Å². The fourth-order valence-corrected chi connectivity index (χ4v) is 4.33. The minimum absolute atomic E-state index is 0.0326. The van der Waals surface area contributed by atoms with E-state index < -0.39 is 0 Å². The van der Waals surface area contributed by atoms with Crippen LogP contribution in [0.4, 0.5) is 11.8 Å². The Hall–Kier alpha value is -3.72. The van der Waals surface area contributed by atoms with E-state index in [2.05, 4.69) is 15.4 Å². The summed E-state index contributed by atoms with van der Waals surface area (Å²) in [5.74, 6) is 0.989. The predicted molar refractivity (Wildman–Crippen MR) is 130 cm³/mol. The van der Waals surface area contributed by atoms with E-state index in [1.807, 2.05) is 42.2 Å². The first-order valence-electron chi connectivity index (χ1n) is 11.0. The molecule has 1 aliphatic carbocycles. The molecule has 1 amide bonds. The van der Waals surface area contributed by atoms with Gasteiger partial charge in [0.15, 0.2) is 5.82 Å². The van der Waals surface area contributed by atoms with Crippen molar-refractivity contribution >= 4 is 29.3 Å². The largest absolute Gasteiger partial charge is 0.347 e. The molecule has 0 unspecified atom stereocenters. The van der Waals surface area contributed by atoms with Crippen LogP contribution in [0.25, 0.3) is 11.3 Å². The minimum Gasteiger partial charge on any atom is -0.347 e. The highest BCUT2D eigenvalue weighted by Gasteiger charge is 2.26. The molecule has 3 heterocycles. The molecule has 4 aromatic rings. The summed E-state index contributed by atoms with van der Waals surface area (Å²) in [4.78, 5) is 22.8. The Morgan fingerprint density at radius 3 is 2.79 bits per heavy atom. The summed E-state index contributed by atoms with van der Waals surface area (Å²) in [5.41, 5.74) is 6.18. The standard InChI is InChI=1S/C24H25ClN8O/c1-31(2)21(34)14-33-11-10-20(30-33)27-24-26-13-16-8-9-18-22(23(16)28-24)19(32(3)29-18)12-15-6-4-5-7-17(15)25/h4-7,10-11,13H,8-9,12,14H2,1-3H3,(H,26,27,28,30). The monoisotopic (exact) mass is 476 g/mol. The highest BCUT2D eigenvalue weighted by atomic mass is 35.5. The Bertz CT molecular complexity index is 1370. The number of hydrogen-bond acceptors (Lipinski definition) is 6. The van der Waals surface area contributed by atoms with Crippen molar-refractivity contribution in [1.82, 2.24) is 34.4 Å². The van der Waals surface area contributed by atoms with Gasteiger partial charge in [0.05, 0.1) is 17.1 Å². The maximum absolute atomic E-state index is 11.9. The normalized spacial score (nSPS) is 12.2. The molecule has 1 N–H and O–H groups in total. The second-order valence-electron chi connectivity index (χ2n) is 8.54. The lowest BCUT2D eigenvalue weighted by molar-refractivity contribution is -0.129. The smallest absolute Gasteiger partial charge is 0.243 e. The number of amides is 1. The first-order valence-corrected chi connectivity index (χ1v) is 11.4. The highest BCUT2D eigenvalue weighted by Crippen LogP contribution is 2.36. The fraction of sp³-hybridized carbons (Fsp3) is 0.292. The minimum atomic E-state index is -0.0326. The lowest BCUT2D eigenvalue weighted by Crippen LogP contribution is -2.26. The first kappa shape index (κ1) is 22.1. The van der Waals surface area contributed by atoms with Crippen LogP contribution in [0.2, 0.25) is 5.02 Å². The Balaban J connectivity index is 1.45. The maximum atomic E-state index is 11.9. The number of rotatable bonds is 6. The van der Waals surface area contributed by atoms with Gasteiger partial charge in [-0.05, 0) is 30.0 Å². The van der Waals surface area contributed by atoms with Crippen LogP contribution in [0.5, 0.6) is 0 Å². The Labute approximate surface area is 202 Å². The van der Waals surface area contributed by atoms with E-state index in [0.29, 0.717) is 18.2 Å². The van der Waals surface area contributed by atoms with Gasteiger partial charge in [-0.3, -0.25) is 14.2 Å². The summed E-state index contributed by atoms with van der Waals surface area (Å²) in [6.07, 6.45) is 5.97. The lowest BCUT2D eigenvalue weighted by atomic mass is 9.91. The van der Waals surface area contributed by atoms with Gasteiger partial charge in [0.1, 0.15) is 6.54 Å². The van der Waals surface area contributed by atoms with Gasteiger partial charge in [0.25, 0.3) is 0 Å². The molecule has 0 saturated heterocycles. The number of nitrogens with one attached hydrogen (secondary N) is 1. The number of carbonyl (C=O) groups is 1. The number of hydrogen-bond donors (Lipinski definition) is 1. The zero-order valence-electron chi connectivity index (χ0n) is 19.3. The molecule has 0 radical (unpaired) electrons. The maximum Gasteiger partial charge on any atom is 0.243 e. The summed E-state index contributed by atoms with van der Waals surface area (Å²) in [6.45, 7) is 0.171. The number of halogens is 1. The Morgan fingerprint density at radius 1 is 1.18 bits per heavy atom. The first-order chi connectivity index (χ1) is 16.4. The van der Waals surface area contributed by atoms with E-state index in [1.165, 1.54) is 4.90 Å². The van der Waals surface area contributed by atoms with E-state index in [0.717, 1.165) is 51.6 Å². The zero-order valence-corrected chi connectivity index (χ0v) is 20.0. The molecular formula is C24H25ClN8O. The average molecular weight is 477 g/mol. The number of likely N-dealkylation sites (N-methyl/N-ethyl adjacent to an activating group) is 1. The number of nitrogens with zero attached hydrogens (tertiary/aromatic N) is 7. The quantitative estimate of drug-likeness (QED) is 0.459. The third kappa shape index (κ3) is 4.26. The lowest BCUT2D eigenvalue weighted by Gasteiger charge is -2.17. The summed E-state index contributed by atoms with van der Waals surface area (Å²) in [5, 5.41) is 13.1. The van der Waals surface area contributed by atoms with Crippen molar-refractivity contribution < 1.29 is 4.79 Å². The molecule has 0 spiro atoms. The van der Waals surface area contributed by atoms with Crippen LogP contribution in [0, 0.1) is 0 Å². The van der Waals surface area contributed by atoms with Crippen LogP contribution in [-0.2, 0) is 37.6 Å². The molecule has 5 rings (SSSR count). The average Bonchev–Trinajstić information content (AvgIpc) is 3.38. The van der Waals surface area contributed by atoms with E-state index in [1.54, 1.807) is 31.0 Å². The molecule has 0 atom stereocenters. The predicted octanol–water partition coefficient (Wildman–Crippen LogP) is 3.25. The molecule has 34 heavy (non-hydrogen) atoms. The van der Waals surface area contributed by atoms with E-state index in [4.69, 9.17) is 21.7 Å². The van der Waals surface area contributed by atoms with Gasteiger partial charge in [-0.2, -0.15) is 10.2 Å². The molecule has 1 aliphatic rings. The third-order valence-corrected chi connectivity index (χ3v) is 6.33. The van der Waals surface area contributed by atoms with Crippen LogP contribution in [0.3, 0.4) is 0 Å². The molecule has 0 bridgehead atoms. The van der Waals surface area contributed by atoms with Crippen LogP contribution in [0.1, 0.15) is 22.5 Å². The van der Waals surface area contributed by atoms with Crippen LogP contribution < -0.4 is 5.32 Å². The van der Waals surface area contributed by atoms with Gasteiger partial charge >= 0.3 is 0 Å². The molecule has 174 valence electrons. The summed E-state index contributed by atoms with van der Waals surface area (Å²) in [7, 11) is 5.41. The SMILES string of the molecule is CN(C)C(=O)Cn1ccc(Nc2ncc3c(n2)-c2c(nn(C)c2Cc2ccccc2Cl)CC3)n1. The highest BCUT2D eigenvalue weighted by molar-refractivity contribution is 6.31. The summed E-state index contributed by atoms with van der Waals surface area (Å²) in [6, 6.07) is 9.67.